The Labute approximate surface area is 168 Å². The van der Waals surface area contributed by atoms with Gasteiger partial charge < -0.3 is 5.32 Å². The number of halogens is 4. The summed E-state index contributed by atoms with van der Waals surface area (Å²) in [5.41, 5.74) is 1.76. The van der Waals surface area contributed by atoms with E-state index in [2.05, 4.69) is 26.3 Å². The third-order valence-electron chi connectivity index (χ3n) is 4.31. The monoisotopic (exact) mass is 451 g/mol. The summed E-state index contributed by atoms with van der Waals surface area (Å²) < 4.78 is 40.8. The van der Waals surface area contributed by atoms with Crippen LogP contribution in [-0.4, -0.2) is 15.7 Å². The van der Waals surface area contributed by atoms with E-state index in [-0.39, 0.29) is 10.2 Å². The van der Waals surface area contributed by atoms with E-state index < -0.39 is 17.6 Å². The lowest BCUT2D eigenvalue weighted by atomic mass is 10.1. The van der Waals surface area contributed by atoms with Crippen LogP contribution in [0.5, 0.6) is 0 Å². The van der Waals surface area contributed by atoms with Crippen molar-refractivity contribution in [1.82, 2.24) is 9.78 Å². The average Bonchev–Trinajstić information content (AvgIpc) is 2.90. The molecular formula is C20H17BrF3N3O. The van der Waals surface area contributed by atoms with Crippen molar-refractivity contribution in [1.29, 1.82) is 0 Å². The quantitative estimate of drug-likeness (QED) is 0.562. The number of hydrogen-bond acceptors (Lipinski definition) is 2. The van der Waals surface area contributed by atoms with E-state index in [9.17, 15) is 18.0 Å². The minimum Gasteiger partial charge on any atom is -0.322 e. The molecule has 2 aromatic carbocycles. The predicted octanol–water partition coefficient (Wildman–Crippen LogP) is 5.58. The molecule has 0 atom stereocenters. The molecule has 0 aliphatic heterocycles. The van der Waals surface area contributed by atoms with Crippen molar-refractivity contribution in [2.75, 3.05) is 5.32 Å². The second-order valence-electron chi connectivity index (χ2n) is 6.34. The van der Waals surface area contributed by atoms with Crippen LogP contribution in [0.3, 0.4) is 0 Å². The maximum Gasteiger partial charge on any atom is 0.417 e. The third-order valence-corrected chi connectivity index (χ3v) is 5.00. The highest BCUT2D eigenvalue weighted by Gasteiger charge is 2.33. The number of carbonyl (C=O) groups excluding carboxylic acids is 1. The molecule has 0 bridgehead atoms. The number of hydrogen-bond donors (Lipinski definition) is 1. The van der Waals surface area contributed by atoms with Crippen LogP contribution < -0.4 is 5.32 Å². The minimum absolute atomic E-state index is 0.0649. The van der Waals surface area contributed by atoms with E-state index in [0.717, 1.165) is 11.6 Å². The van der Waals surface area contributed by atoms with Gasteiger partial charge in [0.05, 0.1) is 23.4 Å². The van der Waals surface area contributed by atoms with Crippen LogP contribution in [0.4, 0.5) is 18.9 Å². The van der Waals surface area contributed by atoms with Crippen molar-refractivity contribution in [2.24, 2.45) is 0 Å². The molecule has 1 aromatic heterocycles. The summed E-state index contributed by atoms with van der Waals surface area (Å²) >= 11 is 2.89. The number of alkyl halides is 3. The van der Waals surface area contributed by atoms with E-state index >= 15 is 0 Å². The Balaban J connectivity index is 1.86. The second kappa shape index (κ2) is 7.79. The molecule has 3 rings (SSSR count). The van der Waals surface area contributed by atoms with Gasteiger partial charge in [-0.25, -0.2) is 0 Å². The van der Waals surface area contributed by atoms with Crippen LogP contribution in [0.1, 0.15) is 32.9 Å². The van der Waals surface area contributed by atoms with Crippen LogP contribution in [-0.2, 0) is 12.7 Å². The highest BCUT2D eigenvalue weighted by molar-refractivity contribution is 9.10. The number of carbonyl (C=O) groups is 1. The van der Waals surface area contributed by atoms with Gasteiger partial charge >= 0.3 is 6.18 Å². The fraction of sp³-hybridized carbons (Fsp3) is 0.200. The molecule has 0 fully saturated rings. The van der Waals surface area contributed by atoms with E-state index in [1.54, 1.807) is 18.5 Å². The van der Waals surface area contributed by atoms with E-state index in [4.69, 9.17) is 0 Å². The molecule has 0 saturated heterocycles. The van der Waals surface area contributed by atoms with Crippen LogP contribution >= 0.6 is 15.9 Å². The van der Waals surface area contributed by atoms with Gasteiger partial charge in [0.15, 0.2) is 0 Å². The first kappa shape index (κ1) is 20.1. The van der Waals surface area contributed by atoms with Gasteiger partial charge in [0.25, 0.3) is 5.91 Å². The van der Waals surface area contributed by atoms with Gasteiger partial charge in [-0.15, -0.1) is 0 Å². The fourth-order valence-electron chi connectivity index (χ4n) is 2.95. The Kier molecular flexibility index (Phi) is 5.60. The third kappa shape index (κ3) is 4.27. The lowest BCUT2D eigenvalue weighted by molar-refractivity contribution is -0.138. The molecule has 3 aromatic rings. The zero-order valence-corrected chi connectivity index (χ0v) is 16.7. The first-order chi connectivity index (χ1) is 13.2. The molecule has 8 heteroatoms. The van der Waals surface area contributed by atoms with E-state index in [1.165, 1.54) is 12.1 Å². The van der Waals surface area contributed by atoms with Gasteiger partial charge in [-0.1, -0.05) is 46.3 Å². The van der Waals surface area contributed by atoms with Crippen molar-refractivity contribution in [2.45, 2.75) is 26.6 Å². The van der Waals surface area contributed by atoms with Crippen molar-refractivity contribution in [3.63, 3.8) is 0 Å². The lowest BCUT2D eigenvalue weighted by Gasteiger charge is -2.12. The number of amides is 1. The summed E-state index contributed by atoms with van der Waals surface area (Å²) in [5, 5.41) is 6.95. The number of anilines is 1. The summed E-state index contributed by atoms with van der Waals surface area (Å²) in [7, 11) is 0. The molecule has 1 heterocycles. The predicted molar refractivity (Wildman–Crippen MR) is 104 cm³/mol. The van der Waals surface area contributed by atoms with E-state index in [0.29, 0.717) is 23.5 Å². The van der Waals surface area contributed by atoms with Gasteiger partial charge in [0.1, 0.15) is 0 Å². The maximum absolute atomic E-state index is 13.1. The number of nitrogens with one attached hydrogen (secondary N) is 1. The molecule has 0 saturated carbocycles. The zero-order chi connectivity index (χ0) is 20.5. The van der Waals surface area contributed by atoms with E-state index in [1.807, 2.05) is 30.3 Å². The zero-order valence-electron chi connectivity index (χ0n) is 15.1. The smallest absolute Gasteiger partial charge is 0.322 e. The summed E-state index contributed by atoms with van der Waals surface area (Å²) in [6.45, 7) is 3.96. The number of aryl methyl sites for hydroxylation is 1. The second-order valence-corrected chi connectivity index (χ2v) is 7.19. The van der Waals surface area contributed by atoms with Gasteiger partial charge in [0.2, 0.25) is 0 Å². The summed E-state index contributed by atoms with van der Waals surface area (Å²) in [6, 6.07) is 13.2. The minimum atomic E-state index is -4.52. The molecule has 1 N–H and O–H groups in total. The maximum atomic E-state index is 13.1. The number of benzene rings is 2. The SMILES string of the molecule is Cc1nn(Cc2ccccc2)c(C)c1C(=O)Nc1ccc(Br)c(C(F)(F)F)c1. The molecule has 1 amide bonds. The Morgan fingerprint density at radius 1 is 1.14 bits per heavy atom. The number of aromatic nitrogens is 2. The Morgan fingerprint density at radius 3 is 2.46 bits per heavy atom. The molecule has 0 unspecified atom stereocenters. The highest BCUT2D eigenvalue weighted by Crippen LogP contribution is 2.36. The van der Waals surface area contributed by atoms with Crippen LogP contribution in [0.15, 0.2) is 53.0 Å². The summed E-state index contributed by atoms with van der Waals surface area (Å²) in [6.07, 6.45) is -4.52. The fourth-order valence-corrected chi connectivity index (χ4v) is 3.42. The molecule has 0 spiro atoms. The molecule has 4 nitrogen and oxygen atoms in total. The van der Waals surface area contributed by atoms with Crippen LogP contribution in [0.2, 0.25) is 0 Å². The first-order valence-corrected chi connectivity index (χ1v) is 9.22. The highest BCUT2D eigenvalue weighted by atomic mass is 79.9. The molecule has 0 aliphatic carbocycles. The topological polar surface area (TPSA) is 46.9 Å². The largest absolute Gasteiger partial charge is 0.417 e. The summed E-state index contributed by atoms with van der Waals surface area (Å²) in [4.78, 5) is 12.7. The average molecular weight is 452 g/mol. The summed E-state index contributed by atoms with van der Waals surface area (Å²) in [5.74, 6) is -0.496. The Bertz CT molecular complexity index is 1010. The lowest BCUT2D eigenvalue weighted by Crippen LogP contribution is -2.15. The molecule has 0 radical (unpaired) electrons. The standard InChI is InChI=1S/C20H17BrF3N3O/c1-12-18(13(2)27(26-12)11-14-6-4-3-5-7-14)19(28)25-15-8-9-17(21)16(10-15)20(22,23)24/h3-10H,11H2,1-2H3,(H,25,28). The molecule has 0 aliphatic rings. The Hall–Kier alpha value is -2.61. The normalized spacial score (nSPS) is 11.5. The van der Waals surface area contributed by atoms with Gasteiger partial charge in [-0.2, -0.15) is 18.3 Å². The van der Waals surface area contributed by atoms with Crippen LogP contribution in [0.25, 0.3) is 0 Å². The van der Waals surface area contributed by atoms with Crippen LogP contribution in [0, 0.1) is 13.8 Å². The molecular weight excluding hydrogens is 435 g/mol. The molecule has 146 valence electrons. The van der Waals surface area contributed by atoms with Gasteiger partial charge in [-0.05, 0) is 37.6 Å². The number of rotatable bonds is 4. The number of nitrogens with zero attached hydrogens (tertiary/aromatic N) is 2. The van der Waals surface area contributed by atoms with Crippen molar-refractivity contribution in [3.8, 4) is 0 Å². The first-order valence-electron chi connectivity index (χ1n) is 8.43. The Morgan fingerprint density at radius 2 is 1.82 bits per heavy atom. The van der Waals surface area contributed by atoms with Gasteiger partial charge in [-0.3, -0.25) is 9.48 Å². The van der Waals surface area contributed by atoms with Crippen molar-refractivity contribution in [3.05, 3.63) is 81.1 Å². The van der Waals surface area contributed by atoms with Gasteiger partial charge in [0, 0.05) is 15.9 Å². The van der Waals surface area contributed by atoms with Crippen molar-refractivity contribution >= 4 is 27.5 Å². The van der Waals surface area contributed by atoms with Crippen molar-refractivity contribution < 1.29 is 18.0 Å². The molecule has 28 heavy (non-hydrogen) atoms.